The Morgan fingerprint density at radius 1 is 1.05 bits per heavy atom. The summed E-state index contributed by atoms with van der Waals surface area (Å²) in [5.41, 5.74) is 0. The molecule has 19 heavy (non-hydrogen) atoms. The van der Waals surface area contributed by atoms with Gasteiger partial charge < -0.3 is 10.1 Å². The molecule has 0 spiro atoms. The van der Waals surface area contributed by atoms with Gasteiger partial charge in [-0.05, 0) is 57.4 Å². The molecule has 0 amide bonds. The molecule has 2 aliphatic rings. The van der Waals surface area contributed by atoms with Crippen LogP contribution in [0.15, 0.2) is 0 Å². The molecule has 3 atom stereocenters. The Labute approximate surface area is 119 Å². The summed E-state index contributed by atoms with van der Waals surface area (Å²) < 4.78 is 6.16. The van der Waals surface area contributed by atoms with Crippen LogP contribution in [0.25, 0.3) is 0 Å². The predicted molar refractivity (Wildman–Crippen MR) is 81.4 cm³/mol. The fourth-order valence-electron chi connectivity index (χ4n) is 3.97. The zero-order valence-corrected chi connectivity index (χ0v) is 13.2. The summed E-state index contributed by atoms with van der Waals surface area (Å²) in [7, 11) is 0. The smallest absolute Gasteiger partial charge is 0.0735 e. The molecule has 1 N–H and O–H groups in total. The topological polar surface area (TPSA) is 21.3 Å². The Bertz CT molecular complexity index is 248. The van der Waals surface area contributed by atoms with E-state index in [2.05, 4.69) is 26.1 Å². The van der Waals surface area contributed by atoms with Crippen molar-refractivity contribution in [3.8, 4) is 0 Å². The summed E-state index contributed by atoms with van der Waals surface area (Å²) >= 11 is 0. The summed E-state index contributed by atoms with van der Waals surface area (Å²) in [5.74, 6) is 1.84. The first-order chi connectivity index (χ1) is 9.24. The maximum Gasteiger partial charge on any atom is 0.0735 e. The monoisotopic (exact) mass is 267 g/mol. The van der Waals surface area contributed by atoms with Crippen molar-refractivity contribution in [2.45, 2.75) is 90.4 Å². The molecule has 0 radical (unpaired) electrons. The summed E-state index contributed by atoms with van der Waals surface area (Å²) in [4.78, 5) is 0. The summed E-state index contributed by atoms with van der Waals surface area (Å²) in [6, 6.07) is 0.614. The van der Waals surface area contributed by atoms with E-state index in [-0.39, 0.29) is 0 Å². The fourth-order valence-corrected chi connectivity index (χ4v) is 3.97. The lowest BCUT2D eigenvalue weighted by Crippen LogP contribution is -2.47. The minimum atomic E-state index is 0.475. The van der Waals surface area contributed by atoms with Crippen molar-refractivity contribution in [1.29, 1.82) is 0 Å². The Morgan fingerprint density at radius 3 is 2.32 bits per heavy atom. The first-order valence-corrected chi connectivity index (χ1v) is 8.63. The summed E-state index contributed by atoms with van der Waals surface area (Å²) in [6.07, 6.45) is 11.8. The van der Waals surface area contributed by atoms with Crippen LogP contribution in [-0.2, 0) is 4.74 Å². The van der Waals surface area contributed by atoms with Crippen molar-refractivity contribution >= 4 is 0 Å². The normalized spacial score (nSPS) is 37.4. The number of ether oxygens (including phenoxy) is 1. The van der Waals surface area contributed by atoms with Crippen molar-refractivity contribution < 1.29 is 4.74 Å². The van der Waals surface area contributed by atoms with Crippen LogP contribution in [0.3, 0.4) is 0 Å². The zero-order valence-electron chi connectivity index (χ0n) is 13.2. The SMILES string of the molecule is CCCNC(C1CCC(CC)CC1)C1CCC(C)O1. The quantitative estimate of drug-likeness (QED) is 0.781. The van der Waals surface area contributed by atoms with Crippen LogP contribution < -0.4 is 5.32 Å². The average molecular weight is 267 g/mol. The first-order valence-electron chi connectivity index (χ1n) is 8.63. The molecule has 0 bridgehead atoms. The molecule has 1 saturated carbocycles. The van der Waals surface area contributed by atoms with Gasteiger partial charge in [0.25, 0.3) is 0 Å². The van der Waals surface area contributed by atoms with Crippen LogP contribution in [-0.4, -0.2) is 24.8 Å². The van der Waals surface area contributed by atoms with Crippen LogP contribution in [0.5, 0.6) is 0 Å². The molecule has 1 saturated heterocycles. The summed E-state index contributed by atoms with van der Waals surface area (Å²) in [6.45, 7) is 7.98. The number of hydrogen-bond acceptors (Lipinski definition) is 2. The molecule has 0 aromatic rings. The summed E-state index contributed by atoms with van der Waals surface area (Å²) in [5, 5.41) is 3.81. The van der Waals surface area contributed by atoms with Gasteiger partial charge in [-0.1, -0.05) is 33.1 Å². The van der Waals surface area contributed by atoms with Crippen LogP contribution in [0, 0.1) is 11.8 Å². The van der Waals surface area contributed by atoms with E-state index in [1.807, 2.05) is 0 Å². The van der Waals surface area contributed by atoms with Crippen LogP contribution >= 0.6 is 0 Å². The third-order valence-electron chi connectivity index (χ3n) is 5.27. The Hall–Kier alpha value is -0.0800. The highest BCUT2D eigenvalue weighted by Gasteiger charge is 2.35. The molecule has 2 rings (SSSR count). The lowest BCUT2D eigenvalue weighted by Gasteiger charge is -2.37. The molecule has 1 aliphatic heterocycles. The first kappa shape index (κ1) is 15.3. The van der Waals surface area contributed by atoms with E-state index in [1.54, 1.807) is 0 Å². The molecule has 2 fully saturated rings. The number of hydrogen-bond donors (Lipinski definition) is 1. The van der Waals surface area contributed by atoms with E-state index >= 15 is 0 Å². The standard InChI is InChI=1S/C17H33NO/c1-4-12-18-17(16-11-6-13(3)19-16)15-9-7-14(5-2)8-10-15/h13-18H,4-12H2,1-3H3. The molecule has 1 aliphatic carbocycles. The minimum Gasteiger partial charge on any atom is -0.374 e. The van der Waals surface area contributed by atoms with E-state index in [9.17, 15) is 0 Å². The Kier molecular flexibility index (Phi) is 6.15. The average Bonchev–Trinajstić information content (AvgIpc) is 2.86. The van der Waals surface area contributed by atoms with E-state index < -0.39 is 0 Å². The van der Waals surface area contributed by atoms with Gasteiger partial charge in [-0.2, -0.15) is 0 Å². The molecular weight excluding hydrogens is 234 g/mol. The van der Waals surface area contributed by atoms with Crippen molar-refractivity contribution in [3.63, 3.8) is 0 Å². The van der Waals surface area contributed by atoms with Gasteiger partial charge in [-0.15, -0.1) is 0 Å². The lowest BCUT2D eigenvalue weighted by atomic mass is 9.76. The van der Waals surface area contributed by atoms with Crippen molar-refractivity contribution in [1.82, 2.24) is 5.32 Å². The molecular formula is C17H33NO. The van der Waals surface area contributed by atoms with Gasteiger partial charge in [0.05, 0.1) is 12.2 Å². The second-order valence-corrected chi connectivity index (χ2v) is 6.73. The highest BCUT2D eigenvalue weighted by Crippen LogP contribution is 2.36. The third kappa shape index (κ3) is 4.19. The Morgan fingerprint density at radius 2 is 1.79 bits per heavy atom. The van der Waals surface area contributed by atoms with Crippen molar-refractivity contribution in [2.75, 3.05) is 6.54 Å². The van der Waals surface area contributed by atoms with Crippen molar-refractivity contribution in [3.05, 3.63) is 0 Å². The van der Waals surface area contributed by atoms with Crippen LogP contribution in [0.4, 0.5) is 0 Å². The van der Waals surface area contributed by atoms with Gasteiger partial charge in [-0.25, -0.2) is 0 Å². The largest absolute Gasteiger partial charge is 0.374 e. The van der Waals surface area contributed by atoms with Gasteiger partial charge in [0.15, 0.2) is 0 Å². The van der Waals surface area contributed by atoms with E-state index in [1.165, 1.54) is 51.4 Å². The second-order valence-electron chi connectivity index (χ2n) is 6.73. The molecule has 0 aromatic carbocycles. The van der Waals surface area contributed by atoms with Gasteiger partial charge in [0.1, 0.15) is 0 Å². The molecule has 112 valence electrons. The molecule has 1 heterocycles. The Balaban J connectivity index is 1.89. The lowest BCUT2D eigenvalue weighted by molar-refractivity contribution is 0.00952. The second kappa shape index (κ2) is 7.64. The van der Waals surface area contributed by atoms with Gasteiger partial charge >= 0.3 is 0 Å². The van der Waals surface area contributed by atoms with E-state index in [0.717, 1.165) is 18.4 Å². The van der Waals surface area contributed by atoms with E-state index in [0.29, 0.717) is 18.2 Å². The highest BCUT2D eigenvalue weighted by molar-refractivity contribution is 4.90. The van der Waals surface area contributed by atoms with Crippen LogP contribution in [0.2, 0.25) is 0 Å². The molecule has 0 aromatic heterocycles. The minimum absolute atomic E-state index is 0.475. The van der Waals surface area contributed by atoms with Crippen LogP contribution in [0.1, 0.15) is 72.1 Å². The van der Waals surface area contributed by atoms with Crippen molar-refractivity contribution in [2.24, 2.45) is 11.8 Å². The third-order valence-corrected chi connectivity index (χ3v) is 5.27. The van der Waals surface area contributed by atoms with Gasteiger partial charge in [0, 0.05) is 6.04 Å². The number of rotatable bonds is 6. The maximum absolute atomic E-state index is 6.16. The van der Waals surface area contributed by atoms with E-state index in [4.69, 9.17) is 4.74 Å². The molecule has 2 nitrogen and oxygen atoms in total. The zero-order chi connectivity index (χ0) is 13.7. The maximum atomic E-state index is 6.16. The van der Waals surface area contributed by atoms with Gasteiger partial charge in [-0.3, -0.25) is 0 Å². The predicted octanol–water partition coefficient (Wildman–Crippen LogP) is 4.14. The fraction of sp³-hybridized carbons (Fsp3) is 1.00. The molecule has 2 heteroatoms. The highest BCUT2D eigenvalue weighted by atomic mass is 16.5. The van der Waals surface area contributed by atoms with Gasteiger partial charge in [0.2, 0.25) is 0 Å². The number of nitrogens with one attached hydrogen (secondary N) is 1. The molecule has 3 unspecified atom stereocenters.